The van der Waals surface area contributed by atoms with Crippen LogP contribution in [0.3, 0.4) is 0 Å². The number of nitrogens with zero attached hydrogens (tertiary/aromatic N) is 1. The number of benzene rings is 1. The topological polar surface area (TPSA) is 63.2 Å². The maximum absolute atomic E-state index is 12.0. The van der Waals surface area contributed by atoms with E-state index in [2.05, 4.69) is 41.6 Å². The van der Waals surface area contributed by atoms with E-state index in [1.807, 2.05) is 12.1 Å². The molecule has 5 heteroatoms. The monoisotopic (exact) mass is 313 g/mol. The third kappa shape index (κ3) is 5.07. The standard InChI is InChI=1S/C18H23N3O2/c1-13(2)14-4-6-16(7-5-14)21-17-10-15(11-19-12-17)18(22)20-8-9-23-3/h4-7,10-13,21H,8-9H2,1-3H3,(H,20,22). The van der Waals surface area contributed by atoms with E-state index < -0.39 is 0 Å². The van der Waals surface area contributed by atoms with Gasteiger partial charge in [0.25, 0.3) is 5.91 Å². The van der Waals surface area contributed by atoms with E-state index >= 15 is 0 Å². The Hall–Kier alpha value is -2.40. The Bertz CT molecular complexity index is 639. The van der Waals surface area contributed by atoms with Crippen LogP contribution in [0.1, 0.15) is 35.7 Å². The maximum atomic E-state index is 12.0. The first kappa shape index (κ1) is 17.0. The molecule has 0 bridgehead atoms. The predicted octanol–water partition coefficient (Wildman–Crippen LogP) is 3.32. The van der Waals surface area contributed by atoms with Crippen LogP contribution in [0.2, 0.25) is 0 Å². The van der Waals surface area contributed by atoms with Crippen molar-refractivity contribution in [2.24, 2.45) is 0 Å². The highest BCUT2D eigenvalue weighted by molar-refractivity contribution is 5.94. The summed E-state index contributed by atoms with van der Waals surface area (Å²) in [6.07, 6.45) is 3.25. The number of carbonyl (C=O) groups is 1. The number of hydrogen-bond donors (Lipinski definition) is 2. The molecule has 0 atom stereocenters. The van der Waals surface area contributed by atoms with Gasteiger partial charge in [-0.3, -0.25) is 9.78 Å². The second-order valence-corrected chi connectivity index (χ2v) is 5.61. The van der Waals surface area contributed by atoms with Crippen molar-refractivity contribution in [1.29, 1.82) is 0 Å². The average molecular weight is 313 g/mol. The summed E-state index contributed by atoms with van der Waals surface area (Å²) in [5.74, 6) is 0.346. The van der Waals surface area contributed by atoms with Crippen LogP contribution in [0, 0.1) is 0 Å². The van der Waals surface area contributed by atoms with Crippen molar-refractivity contribution in [3.8, 4) is 0 Å². The Balaban J connectivity index is 2.03. The van der Waals surface area contributed by atoms with Gasteiger partial charge in [-0.2, -0.15) is 0 Å². The normalized spacial score (nSPS) is 10.6. The quantitative estimate of drug-likeness (QED) is 0.770. The minimum atomic E-state index is -0.159. The van der Waals surface area contributed by atoms with Crippen molar-refractivity contribution >= 4 is 17.3 Å². The summed E-state index contributed by atoms with van der Waals surface area (Å²) in [6, 6.07) is 10.0. The number of hydrogen-bond acceptors (Lipinski definition) is 4. The first-order valence-electron chi connectivity index (χ1n) is 7.69. The molecule has 0 fully saturated rings. The van der Waals surface area contributed by atoms with E-state index in [0.717, 1.165) is 11.4 Å². The third-order valence-electron chi connectivity index (χ3n) is 3.46. The Morgan fingerprint density at radius 3 is 2.57 bits per heavy atom. The predicted molar refractivity (Wildman–Crippen MR) is 92.3 cm³/mol. The van der Waals surface area contributed by atoms with Crippen LogP contribution in [-0.4, -0.2) is 31.2 Å². The maximum Gasteiger partial charge on any atom is 0.253 e. The van der Waals surface area contributed by atoms with Crippen LogP contribution in [0.15, 0.2) is 42.7 Å². The first-order valence-corrected chi connectivity index (χ1v) is 7.69. The molecule has 0 saturated heterocycles. The van der Waals surface area contributed by atoms with Crippen molar-refractivity contribution in [2.45, 2.75) is 19.8 Å². The minimum absolute atomic E-state index is 0.159. The molecule has 0 spiro atoms. The zero-order valence-electron chi connectivity index (χ0n) is 13.8. The lowest BCUT2D eigenvalue weighted by molar-refractivity contribution is 0.0937. The molecule has 23 heavy (non-hydrogen) atoms. The van der Waals surface area contributed by atoms with E-state index in [9.17, 15) is 4.79 Å². The molecule has 1 heterocycles. The van der Waals surface area contributed by atoms with Gasteiger partial charge >= 0.3 is 0 Å². The van der Waals surface area contributed by atoms with Crippen LogP contribution in [0.25, 0.3) is 0 Å². The summed E-state index contributed by atoms with van der Waals surface area (Å²) >= 11 is 0. The largest absolute Gasteiger partial charge is 0.383 e. The van der Waals surface area contributed by atoms with Crippen molar-refractivity contribution in [1.82, 2.24) is 10.3 Å². The molecule has 0 radical (unpaired) electrons. The molecular formula is C18H23N3O2. The molecule has 2 N–H and O–H groups in total. The molecule has 1 amide bonds. The molecule has 5 nitrogen and oxygen atoms in total. The number of carbonyl (C=O) groups excluding carboxylic acids is 1. The molecule has 0 aliphatic rings. The Labute approximate surface area is 137 Å². The Morgan fingerprint density at radius 2 is 1.91 bits per heavy atom. The zero-order valence-corrected chi connectivity index (χ0v) is 13.8. The van der Waals surface area contributed by atoms with Gasteiger partial charge in [-0.1, -0.05) is 26.0 Å². The number of ether oxygens (including phenoxy) is 1. The molecule has 0 aliphatic heterocycles. The molecule has 0 aliphatic carbocycles. The smallest absolute Gasteiger partial charge is 0.253 e. The molecule has 2 aromatic rings. The van der Waals surface area contributed by atoms with Crippen molar-refractivity contribution in [3.63, 3.8) is 0 Å². The van der Waals surface area contributed by atoms with Gasteiger partial charge in [0.2, 0.25) is 0 Å². The van der Waals surface area contributed by atoms with Crippen LogP contribution in [0.4, 0.5) is 11.4 Å². The lowest BCUT2D eigenvalue weighted by atomic mass is 10.0. The molecule has 0 unspecified atom stereocenters. The molecule has 2 rings (SSSR count). The summed E-state index contributed by atoms with van der Waals surface area (Å²) in [7, 11) is 1.60. The second kappa shape index (κ2) is 8.29. The minimum Gasteiger partial charge on any atom is -0.383 e. The number of rotatable bonds is 7. The van der Waals surface area contributed by atoms with Crippen LogP contribution in [0.5, 0.6) is 0 Å². The van der Waals surface area contributed by atoms with Gasteiger partial charge in [0.1, 0.15) is 0 Å². The van der Waals surface area contributed by atoms with Gasteiger partial charge in [0.05, 0.1) is 24.1 Å². The molecule has 1 aromatic heterocycles. The average Bonchev–Trinajstić information content (AvgIpc) is 2.56. The summed E-state index contributed by atoms with van der Waals surface area (Å²) in [5, 5.41) is 6.04. The second-order valence-electron chi connectivity index (χ2n) is 5.61. The van der Waals surface area contributed by atoms with E-state index in [1.165, 1.54) is 5.56 Å². The van der Waals surface area contributed by atoms with Crippen molar-refractivity contribution in [2.75, 3.05) is 25.6 Å². The number of methoxy groups -OCH3 is 1. The highest BCUT2D eigenvalue weighted by Crippen LogP contribution is 2.20. The van der Waals surface area contributed by atoms with Crippen LogP contribution < -0.4 is 10.6 Å². The van der Waals surface area contributed by atoms with E-state index in [-0.39, 0.29) is 5.91 Å². The van der Waals surface area contributed by atoms with Crippen molar-refractivity contribution < 1.29 is 9.53 Å². The van der Waals surface area contributed by atoms with Gasteiger partial charge in [-0.15, -0.1) is 0 Å². The van der Waals surface area contributed by atoms with Gasteiger partial charge in [-0.25, -0.2) is 0 Å². The number of anilines is 2. The van der Waals surface area contributed by atoms with E-state index in [1.54, 1.807) is 25.6 Å². The molecule has 1 aromatic carbocycles. The number of nitrogens with one attached hydrogen (secondary N) is 2. The van der Waals surface area contributed by atoms with Gasteiger partial charge in [0, 0.05) is 25.5 Å². The highest BCUT2D eigenvalue weighted by atomic mass is 16.5. The first-order chi connectivity index (χ1) is 11.1. The summed E-state index contributed by atoms with van der Waals surface area (Å²) in [6.45, 7) is 5.29. The number of aromatic nitrogens is 1. The Morgan fingerprint density at radius 1 is 1.17 bits per heavy atom. The fraction of sp³-hybridized carbons (Fsp3) is 0.333. The molecule has 122 valence electrons. The SMILES string of the molecule is COCCNC(=O)c1cncc(Nc2ccc(C(C)C)cc2)c1. The lowest BCUT2D eigenvalue weighted by Gasteiger charge is -2.10. The van der Waals surface area contributed by atoms with Gasteiger partial charge in [-0.05, 0) is 29.7 Å². The fourth-order valence-corrected chi connectivity index (χ4v) is 2.12. The van der Waals surface area contributed by atoms with Crippen molar-refractivity contribution in [3.05, 3.63) is 53.9 Å². The van der Waals surface area contributed by atoms with Crippen LogP contribution >= 0.6 is 0 Å². The third-order valence-corrected chi connectivity index (χ3v) is 3.46. The summed E-state index contributed by atoms with van der Waals surface area (Å²) in [4.78, 5) is 16.1. The zero-order chi connectivity index (χ0) is 16.7. The number of pyridine rings is 1. The fourth-order valence-electron chi connectivity index (χ4n) is 2.12. The van der Waals surface area contributed by atoms with Gasteiger partial charge < -0.3 is 15.4 Å². The Kier molecular flexibility index (Phi) is 6.11. The highest BCUT2D eigenvalue weighted by Gasteiger charge is 2.07. The number of amides is 1. The van der Waals surface area contributed by atoms with Gasteiger partial charge in [0.15, 0.2) is 0 Å². The van der Waals surface area contributed by atoms with Crippen LogP contribution in [-0.2, 0) is 4.74 Å². The summed E-state index contributed by atoms with van der Waals surface area (Å²) < 4.78 is 4.91. The summed E-state index contributed by atoms with van der Waals surface area (Å²) in [5.41, 5.74) is 3.56. The van der Waals surface area contributed by atoms with E-state index in [0.29, 0.717) is 24.6 Å². The lowest BCUT2D eigenvalue weighted by Crippen LogP contribution is -2.27. The molecule has 0 saturated carbocycles. The molecular weight excluding hydrogens is 290 g/mol. The van der Waals surface area contributed by atoms with E-state index in [4.69, 9.17) is 4.74 Å².